The van der Waals surface area contributed by atoms with Crippen LogP contribution in [0.3, 0.4) is 0 Å². The lowest BCUT2D eigenvalue weighted by molar-refractivity contribution is 0.0793. The Hall–Kier alpha value is -3.06. The first-order chi connectivity index (χ1) is 14.3. The van der Waals surface area contributed by atoms with E-state index in [1.165, 1.54) is 0 Å². The molecule has 1 fully saturated rings. The number of ether oxygens (including phenoxy) is 2. The lowest BCUT2D eigenvalue weighted by Gasteiger charge is -2.15. The van der Waals surface area contributed by atoms with Crippen LogP contribution < -0.4 is 14.8 Å². The summed E-state index contributed by atoms with van der Waals surface area (Å²) in [7, 11) is 0. The smallest absolute Gasteiger partial charge is 0.253 e. The molecule has 1 amide bonds. The van der Waals surface area contributed by atoms with Crippen molar-refractivity contribution >= 4 is 22.9 Å². The van der Waals surface area contributed by atoms with Crippen LogP contribution in [-0.4, -0.2) is 35.7 Å². The molecule has 3 aromatic rings. The van der Waals surface area contributed by atoms with Gasteiger partial charge in [0.25, 0.3) is 5.91 Å². The maximum Gasteiger partial charge on any atom is 0.253 e. The number of nitrogens with zero attached hydrogens (tertiary/aromatic N) is 2. The fourth-order valence-corrected chi connectivity index (χ4v) is 4.39. The van der Waals surface area contributed by atoms with Crippen molar-refractivity contribution in [3.05, 3.63) is 59.1 Å². The summed E-state index contributed by atoms with van der Waals surface area (Å²) < 4.78 is 10.8. The zero-order chi connectivity index (χ0) is 19.6. The first kappa shape index (κ1) is 18.0. The molecule has 0 unspecified atom stereocenters. The third kappa shape index (κ3) is 3.78. The van der Waals surface area contributed by atoms with Crippen LogP contribution in [0.2, 0.25) is 0 Å². The normalized spacial score (nSPS) is 15.0. The van der Waals surface area contributed by atoms with Crippen molar-refractivity contribution in [2.24, 2.45) is 0 Å². The molecular formula is C22H21N3O3S. The number of hydrogen-bond donors (Lipinski definition) is 1. The predicted octanol–water partition coefficient (Wildman–Crippen LogP) is 4.39. The lowest BCUT2D eigenvalue weighted by Crippen LogP contribution is -2.27. The van der Waals surface area contributed by atoms with Crippen molar-refractivity contribution in [2.75, 3.05) is 25.2 Å². The summed E-state index contributed by atoms with van der Waals surface area (Å²) >= 11 is 1.61. The van der Waals surface area contributed by atoms with E-state index in [1.807, 2.05) is 47.4 Å². The van der Waals surface area contributed by atoms with Crippen molar-refractivity contribution < 1.29 is 14.3 Å². The van der Waals surface area contributed by atoms with Crippen LogP contribution in [0.15, 0.2) is 47.8 Å². The second-order valence-electron chi connectivity index (χ2n) is 7.14. The highest BCUT2D eigenvalue weighted by atomic mass is 32.1. The van der Waals surface area contributed by atoms with Crippen LogP contribution in [-0.2, 0) is 6.54 Å². The summed E-state index contributed by atoms with van der Waals surface area (Å²) in [5, 5.41) is 6.38. The van der Waals surface area contributed by atoms with Crippen LogP contribution in [0.4, 0.5) is 5.69 Å². The Balaban J connectivity index is 1.21. The minimum Gasteiger partial charge on any atom is -0.454 e. The number of benzene rings is 2. The number of rotatable bonds is 5. The number of likely N-dealkylation sites (tertiary alicyclic amines) is 1. The molecule has 0 spiro atoms. The van der Waals surface area contributed by atoms with E-state index >= 15 is 0 Å². The number of carbonyl (C=O) groups is 1. The Morgan fingerprint density at radius 3 is 2.69 bits per heavy atom. The summed E-state index contributed by atoms with van der Waals surface area (Å²) in [6, 6.07) is 13.6. The van der Waals surface area contributed by atoms with Gasteiger partial charge in [-0.25, -0.2) is 4.98 Å². The molecule has 0 atom stereocenters. The Morgan fingerprint density at radius 1 is 1.07 bits per heavy atom. The third-order valence-electron chi connectivity index (χ3n) is 5.17. The topological polar surface area (TPSA) is 63.7 Å². The molecule has 1 aromatic heterocycles. The summed E-state index contributed by atoms with van der Waals surface area (Å²) in [6.07, 6.45) is 2.21. The van der Waals surface area contributed by atoms with Gasteiger partial charge in [-0.05, 0) is 55.3 Å². The van der Waals surface area contributed by atoms with E-state index in [9.17, 15) is 4.79 Å². The van der Waals surface area contributed by atoms with Gasteiger partial charge in [0.1, 0.15) is 5.01 Å². The maximum absolute atomic E-state index is 12.4. The number of aromatic nitrogens is 1. The van der Waals surface area contributed by atoms with Gasteiger partial charge in [0.15, 0.2) is 11.5 Å². The highest BCUT2D eigenvalue weighted by Gasteiger charge is 2.19. The minimum absolute atomic E-state index is 0.127. The number of anilines is 1. The molecule has 2 aromatic carbocycles. The van der Waals surface area contributed by atoms with Crippen LogP contribution in [0.1, 0.15) is 28.9 Å². The van der Waals surface area contributed by atoms with E-state index in [1.54, 1.807) is 11.3 Å². The minimum atomic E-state index is 0.127. The van der Waals surface area contributed by atoms with Crippen molar-refractivity contribution in [3.63, 3.8) is 0 Å². The van der Waals surface area contributed by atoms with Gasteiger partial charge >= 0.3 is 0 Å². The summed E-state index contributed by atoms with van der Waals surface area (Å²) in [4.78, 5) is 19.1. The Kier molecular flexibility index (Phi) is 4.81. The number of thiazole rings is 1. The van der Waals surface area contributed by atoms with Gasteiger partial charge in [0.2, 0.25) is 6.79 Å². The molecule has 0 radical (unpaired) electrons. The second-order valence-corrected chi connectivity index (χ2v) is 8.00. The molecule has 6 nitrogen and oxygen atoms in total. The third-order valence-corrected chi connectivity index (χ3v) is 6.11. The van der Waals surface area contributed by atoms with Crippen LogP contribution in [0.5, 0.6) is 11.5 Å². The lowest BCUT2D eigenvalue weighted by atomic mass is 10.2. The summed E-state index contributed by atoms with van der Waals surface area (Å²) in [5.74, 6) is 1.67. The molecule has 1 saturated heterocycles. The fourth-order valence-electron chi connectivity index (χ4n) is 3.58. The number of carbonyl (C=O) groups excluding carboxylic acids is 1. The van der Waals surface area contributed by atoms with Gasteiger partial charge in [0, 0.05) is 35.3 Å². The number of hydrogen-bond acceptors (Lipinski definition) is 6. The van der Waals surface area contributed by atoms with Crippen molar-refractivity contribution in [3.8, 4) is 22.1 Å². The standard InChI is InChI=1S/C22H21N3O3S/c26-22(25-9-1-2-10-25)15-3-6-17(7-4-15)23-12-18-13-29-21(24-18)16-5-8-19-20(11-16)28-14-27-19/h3-8,11,13,23H,1-2,9-10,12,14H2. The van der Waals surface area contributed by atoms with Crippen LogP contribution in [0.25, 0.3) is 10.6 Å². The van der Waals surface area contributed by atoms with Crippen molar-refractivity contribution in [1.29, 1.82) is 0 Å². The zero-order valence-electron chi connectivity index (χ0n) is 15.9. The molecule has 3 heterocycles. The molecule has 2 aliphatic heterocycles. The molecule has 7 heteroatoms. The van der Waals surface area contributed by atoms with Gasteiger partial charge in [-0.1, -0.05) is 0 Å². The molecule has 148 valence electrons. The Morgan fingerprint density at radius 2 is 1.86 bits per heavy atom. The van der Waals surface area contributed by atoms with Crippen molar-refractivity contribution in [1.82, 2.24) is 9.88 Å². The molecule has 0 bridgehead atoms. The maximum atomic E-state index is 12.4. The highest BCUT2D eigenvalue weighted by molar-refractivity contribution is 7.13. The van der Waals surface area contributed by atoms with E-state index in [2.05, 4.69) is 10.7 Å². The van der Waals surface area contributed by atoms with Gasteiger partial charge in [0.05, 0.1) is 12.2 Å². The predicted molar refractivity (Wildman–Crippen MR) is 113 cm³/mol. The van der Waals surface area contributed by atoms with Crippen LogP contribution >= 0.6 is 11.3 Å². The van der Waals surface area contributed by atoms with Gasteiger partial charge in [-0.2, -0.15) is 0 Å². The van der Waals surface area contributed by atoms with E-state index < -0.39 is 0 Å². The van der Waals surface area contributed by atoms with E-state index in [-0.39, 0.29) is 12.7 Å². The molecule has 0 aliphatic carbocycles. The molecule has 5 rings (SSSR count). The fraction of sp³-hybridized carbons (Fsp3) is 0.273. The average Bonchev–Trinajstić information content (AvgIpc) is 3.53. The number of fused-ring (bicyclic) bond motifs is 1. The first-order valence-electron chi connectivity index (χ1n) is 9.74. The van der Waals surface area contributed by atoms with Gasteiger partial charge < -0.3 is 19.7 Å². The molecule has 2 aliphatic rings. The molecular weight excluding hydrogens is 386 g/mol. The van der Waals surface area contributed by atoms with Gasteiger partial charge in [-0.3, -0.25) is 4.79 Å². The Labute approximate surface area is 173 Å². The first-order valence-corrected chi connectivity index (χ1v) is 10.6. The summed E-state index contributed by atoms with van der Waals surface area (Å²) in [5.41, 5.74) is 3.71. The quantitative estimate of drug-likeness (QED) is 0.680. The van der Waals surface area contributed by atoms with E-state index in [4.69, 9.17) is 14.5 Å². The monoisotopic (exact) mass is 407 g/mol. The second kappa shape index (κ2) is 7.75. The zero-order valence-corrected chi connectivity index (χ0v) is 16.7. The largest absolute Gasteiger partial charge is 0.454 e. The van der Waals surface area contributed by atoms with Crippen LogP contribution in [0, 0.1) is 0 Å². The molecule has 29 heavy (non-hydrogen) atoms. The highest BCUT2D eigenvalue weighted by Crippen LogP contribution is 2.36. The number of nitrogens with one attached hydrogen (secondary N) is 1. The van der Waals surface area contributed by atoms with E-state index in [0.29, 0.717) is 6.54 Å². The molecule has 0 saturated carbocycles. The van der Waals surface area contributed by atoms with Gasteiger partial charge in [-0.15, -0.1) is 11.3 Å². The summed E-state index contributed by atoms with van der Waals surface area (Å²) in [6.45, 7) is 2.64. The Bertz CT molecular complexity index is 1030. The molecule has 1 N–H and O–H groups in total. The van der Waals surface area contributed by atoms with Crippen molar-refractivity contribution in [2.45, 2.75) is 19.4 Å². The number of amides is 1. The van der Waals surface area contributed by atoms with E-state index in [0.717, 1.165) is 64.9 Å². The SMILES string of the molecule is O=C(c1ccc(NCc2csc(-c3ccc4c(c3)OCO4)n2)cc1)N1CCCC1. The average molecular weight is 407 g/mol.